The second kappa shape index (κ2) is 8.07. The van der Waals surface area contributed by atoms with E-state index in [2.05, 4.69) is 5.32 Å². The highest BCUT2D eigenvalue weighted by atomic mass is 35.5. The number of anilines is 1. The van der Waals surface area contributed by atoms with Crippen LogP contribution in [0.15, 0.2) is 47.4 Å². The summed E-state index contributed by atoms with van der Waals surface area (Å²) in [5.74, 6) is 0.119. The number of nitrogens with zero attached hydrogens (tertiary/aromatic N) is 1. The van der Waals surface area contributed by atoms with Crippen molar-refractivity contribution in [2.24, 2.45) is 0 Å². The van der Waals surface area contributed by atoms with Gasteiger partial charge >= 0.3 is 0 Å². The largest absolute Gasteiger partial charge is 0.481 e. The number of amides is 1. The van der Waals surface area contributed by atoms with E-state index >= 15 is 0 Å². The maximum absolute atomic E-state index is 12.4. The molecule has 0 spiro atoms. The Morgan fingerprint density at radius 2 is 1.77 bits per heavy atom. The molecule has 0 heterocycles. The molecular weight excluding hydrogens is 376 g/mol. The molecule has 0 saturated heterocycles. The van der Waals surface area contributed by atoms with Crippen molar-refractivity contribution in [1.29, 1.82) is 0 Å². The van der Waals surface area contributed by atoms with Crippen molar-refractivity contribution in [2.75, 3.05) is 19.4 Å². The predicted molar refractivity (Wildman–Crippen MR) is 102 cm³/mol. The van der Waals surface area contributed by atoms with Crippen LogP contribution >= 0.6 is 11.6 Å². The zero-order chi connectivity index (χ0) is 19.5. The topological polar surface area (TPSA) is 75.7 Å². The molecule has 1 amide bonds. The molecule has 140 valence electrons. The molecule has 8 heteroatoms. The minimum Gasteiger partial charge on any atom is -0.481 e. The number of aryl methyl sites for hydroxylation is 1. The molecule has 0 saturated carbocycles. The average molecular weight is 397 g/mol. The number of hydrogen-bond acceptors (Lipinski definition) is 4. The summed E-state index contributed by atoms with van der Waals surface area (Å²) < 4.78 is 31.4. The molecule has 0 radical (unpaired) electrons. The lowest BCUT2D eigenvalue weighted by Crippen LogP contribution is -2.30. The second-order valence-electron chi connectivity index (χ2n) is 5.97. The van der Waals surface area contributed by atoms with Crippen LogP contribution in [0.2, 0.25) is 5.02 Å². The lowest BCUT2D eigenvalue weighted by molar-refractivity contribution is -0.122. The van der Waals surface area contributed by atoms with E-state index in [9.17, 15) is 13.2 Å². The van der Waals surface area contributed by atoms with E-state index in [0.29, 0.717) is 22.0 Å². The van der Waals surface area contributed by atoms with Crippen molar-refractivity contribution >= 4 is 33.2 Å². The van der Waals surface area contributed by atoms with E-state index < -0.39 is 22.0 Å². The predicted octanol–water partition coefficient (Wildman–Crippen LogP) is 3.30. The first-order chi connectivity index (χ1) is 12.1. The van der Waals surface area contributed by atoms with E-state index in [-0.39, 0.29) is 4.90 Å². The van der Waals surface area contributed by atoms with E-state index in [4.69, 9.17) is 16.3 Å². The van der Waals surface area contributed by atoms with Crippen LogP contribution in [0.3, 0.4) is 0 Å². The summed E-state index contributed by atoms with van der Waals surface area (Å²) >= 11 is 5.82. The summed E-state index contributed by atoms with van der Waals surface area (Å²) in [6.45, 7) is 3.31. The summed E-state index contributed by atoms with van der Waals surface area (Å²) in [6.07, 6.45) is -0.772. The zero-order valence-corrected chi connectivity index (χ0v) is 16.6. The van der Waals surface area contributed by atoms with E-state index in [0.717, 1.165) is 4.31 Å². The Morgan fingerprint density at radius 3 is 2.35 bits per heavy atom. The van der Waals surface area contributed by atoms with Crippen LogP contribution in [0.5, 0.6) is 5.75 Å². The molecule has 0 bridgehead atoms. The van der Waals surface area contributed by atoms with E-state index in [1.54, 1.807) is 50.2 Å². The number of sulfonamides is 1. The van der Waals surface area contributed by atoms with Crippen molar-refractivity contribution in [3.8, 4) is 5.75 Å². The van der Waals surface area contributed by atoms with Gasteiger partial charge in [-0.3, -0.25) is 4.79 Å². The Morgan fingerprint density at radius 1 is 1.15 bits per heavy atom. The van der Waals surface area contributed by atoms with Crippen LogP contribution < -0.4 is 10.1 Å². The van der Waals surface area contributed by atoms with Gasteiger partial charge in [0.05, 0.1) is 4.90 Å². The summed E-state index contributed by atoms with van der Waals surface area (Å²) in [5.41, 5.74) is 0.981. The highest BCUT2D eigenvalue weighted by molar-refractivity contribution is 7.89. The van der Waals surface area contributed by atoms with E-state index in [1.807, 2.05) is 0 Å². The first kappa shape index (κ1) is 20.2. The van der Waals surface area contributed by atoms with Gasteiger partial charge in [-0.1, -0.05) is 17.7 Å². The van der Waals surface area contributed by atoms with Gasteiger partial charge in [-0.15, -0.1) is 0 Å². The van der Waals surface area contributed by atoms with Crippen LogP contribution in [-0.4, -0.2) is 38.8 Å². The van der Waals surface area contributed by atoms with Gasteiger partial charge in [0.15, 0.2) is 6.10 Å². The normalized spacial score (nSPS) is 12.7. The maximum Gasteiger partial charge on any atom is 0.265 e. The van der Waals surface area contributed by atoms with Crippen LogP contribution in [0.4, 0.5) is 5.69 Å². The van der Waals surface area contributed by atoms with Gasteiger partial charge in [0.1, 0.15) is 5.75 Å². The number of benzene rings is 2. The molecule has 6 nitrogen and oxygen atoms in total. The highest BCUT2D eigenvalue weighted by Crippen LogP contribution is 2.23. The summed E-state index contributed by atoms with van der Waals surface area (Å²) in [5, 5.41) is 3.25. The quantitative estimate of drug-likeness (QED) is 0.812. The second-order valence-corrected chi connectivity index (χ2v) is 8.53. The third-order valence-corrected chi connectivity index (χ3v) is 5.92. The third-order valence-electron chi connectivity index (χ3n) is 3.71. The number of hydrogen-bond donors (Lipinski definition) is 1. The summed E-state index contributed by atoms with van der Waals surface area (Å²) in [4.78, 5) is 12.5. The van der Waals surface area contributed by atoms with Crippen LogP contribution in [0, 0.1) is 6.92 Å². The molecule has 2 aromatic carbocycles. The van der Waals surface area contributed by atoms with Crippen molar-refractivity contribution in [1.82, 2.24) is 4.31 Å². The SMILES string of the molecule is Cc1ccc(NC(=O)[C@@H](C)Oc2ccc(Cl)cc2)cc1S(=O)(=O)N(C)C. The molecule has 1 N–H and O–H groups in total. The summed E-state index contributed by atoms with van der Waals surface area (Å²) in [6, 6.07) is 11.4. The van der Waals surface area contributed by atoms with E-state index in [1.165, 1.54) is 20.2 Å². The van der Waals surface area contributed by atoms with Gasteiger partial charge < -0.3 is 10.1 Å². The number of nitrogens with one attached hydrogen (secondary N) is 1. The zero-order valence-electron chi connectivity index (χ0n) is 15.0. The molecule has 2 rings (SSSR count). The third kappa shape index (κ3) is 4.75. The molecule has 2 aromatic rings. The summed E-state index contributed by atoms with van der Waals surface area (Å²) in [7, 11) is -0.680. The number of carbonyl (C=O) groups excluding carboxylic acids is 1. The molecule has 0 aliphatic rings. The number of carbonyl (C=O) groups is 1. The minimum absolute atomic E-state index is 0.145. The van der Waals surface area contributed by atoms with Crippen LogP contribution in [-0.2, 0) is 14.8 Å². The Balaban J connectivity index is 2.15. The highest BCUT2D eigenvalue weighted by Gasteiger charge is 2.21. The molecule has 0 aliphatic carbocycles. The monoisotopic (exact) mass is 396 g/mol. The number of halogens is 1. The van der Waals surface area contributed by atoms with Gasteiger partial charge in [-0.25, -0.2) is 12.7 Å². The Labute approximate surface area is 158 Å². The lowest BCUT2D eigenvalue weighted by Gasteiger charge is -2.17. The van der Waals surface area contributed by atoms with Crippen molar-refractivity contribution < 1.29 is 17.9 Å². The van der Waals surface area contributed by atoms with Gasteiger partial charge in [-0.05, 0) is 55.8 Å². The molecular formula is C18H21ClN2O4S. The van der Waals surface area contributed by atoms with Crippen molar-refractivity contribution in [2.45, 2.75) is 24.8 Å². The molecule has 0 unspecified atom stereocenters. The Kier molecular flexibility index (Phi) is 6.28. The average Bonchev–Trinajstić information content (AvgIpc) is 2.58. The fraction of sp³-hybridized carbons (Fsp3) is 0.278. The smallest absolute Gasteiger partial charge is 0.265 e. The van der Waals surface area contributed by atoms with Gasteiger partial charge in [0.2, 0.25) is 10.0 Å². The van der Waals surface area contributed by atoms with Gasteiger partial charge in [-0.2, -0.15) is 0 Å². The Bertz CT molecular complexity index is 896. The van der Waals surface area contributed by atoms with Crippen LogP contribution in [0.1, 0.15) is 12.5 Å². The van der Waals surface area contributed by atoms with Gasteiger partial charge in [0.25, 0.3) is 5.91 Å². The Hall–Kier alpha value is -2.09. The molecule has 0 fully saturated rings. The molecule has 0 aliphatic heterocycles. The van der Waals surface area contributed by atoms with Crippen molar-refractivity contribution in [3.05, 3.63) is 53.1 Å². The first-order valence-corrected chi connectivity index (χ1v) is 9.69. The fourth-order valence-corrected chi connectivity index (χ4v) is 3.44. The maximum atomic E-state index is 12.4. The van der Waals surface area contributed by atoms with Crippen LogP contribution in [0.25, 0.3) is 0 Å². The number of rotatable bonds is 6. The standard InChI is InChI=1S/C18H21ClN2O4S/c1-12-5-8-15(11-17(12)26(23,24)21(3)4)20-18(22)13(2)25-16-9-6-14(19)7-10-16/h5-11,13H,1-4H3,(H,20,22)/t13-/m1/s1. The first-order valence-electron chi connectivity index (χ1n) is 7.87. The number of ether oxygens (including phenoxy) is 1. The molecule has 1 atom stereocenters. The lowest BCUT2D eigenvalue weighted by atomic mass is 10.2. The van der Waals surface area contributed by atoms with Gasteiger partial charge in [0, 0.05) is 24.8 Å². The van der Waals surface area contributed by atoms with Crippen molar-refractivity contribution in [3.63, 3.8) is 0 Å². The fourth-order valence-electron chi connectivity index (χ4n) is 2.17. The molecule has 0 aromatic heterocycles. The molecule has 26 heavy (non-hydrogen) atoms. The minimum atomic E-state index is -3.60.